The number of cyclic esters (lactones) is 2. The van der Waals surface area contributed by atoms with Gasteiger partial charge in [-0.15, -0.1) is 0 Å². The molecule has 1 aromatic rings. The van der Waals surface area contributed by atoms with E-state index in [1.807, 2.05) is 0 Å². The van der Waals surface area contributed by atoms with Crippen molar-refractivity contribution in [2.24, 2.45) is 0 Å². The molecule has 1 aromatic carbocycles. The summed E-state index contributed by atoms with van der Waals surface area (Å²) in [5.41, 5.74) is 0.167. The summed E-state index contributed by atoms with van der Waals surface area (Å²) in [6.07, 6.45) is 3.75. The van der Waals surface area contributed by atoms with Gasteiger partial charge in [-0.05, 0) is 49.9 Å². The van der Waals surface area contributed by atoms with E-state index in [-0.39, 0.29) is 36.3 Å². The maximum absolute atomic E-state index is 11.0. The third-order valence-electron chi connectivity index (χ3n) is 3.56. The Kier molecular flexibility index (Phi) is 15.2. The van der Waals surface area contributed by atoms with E-state index < -0.39 is 11.9 Å². The minimum Gasteiger partial charge on any atom is -0.478 e. The van der Waals surface area contributed by atoms with Crippen molar-refractivity contribution in [1.29, 1.82) is 0 Å². The van der Waals surface area contributed by atoms with Crippen molar-refractivity contribution in [1.82, 2.24) is 0 Å². The number of benzene rings is 1. The zero-order chi connectivity index (χ0) is 22.8. The number of hydrogen-bond donors (Lipinski definition) is 4. The number of carboxylic acid groups (broad SMARTS) is 2. The molecule has 0 unspecified atom stereocenters. The highest BCUT2D eigenvalue weighted by molar-refractivity contribution is 5.91. The molecule has 0 saturated carbocycles. The molecule has 0 atom stereocenters. The van der Waals surface area contributed by atoms with Gasteiger partial charge in [0.15, 0.2) is 0 Å². The van der Waals surface area contributed by atoms with Gasteiger partial charge in [0.2, 0.25) is 0 Å². The Balaban J connectivity index is 0.000000481. The van der Waals surface area contributed by atoms with Crippen LogP contribution in [0.1, 0.15) is 59.2 Å². The molecule has 168 valence electrons. The molecule has 0 aromatic heterocycles. The minimum atomic E-state index is -1.06. The summed E-state index contributed by atoms with van der Waals surface area (Å²) in [5.74, 6) is -2.43. The topological polar surface area (TPSA) is 168 Å². The first-order valence-electron chi connectivity index (χ1n) is 9.41. The first kappa shape index (κ1) is 27.0. The van der Waals surface area contributed by atoms with Crippen molar-refractivity contribution in [3.63, 3.8) is 0 Å². The number of hydrogen-bond acceptors (Lipinski definition) is 8. The van der Waals surface area contributed by atoms with Crippen LogP contribution in [-0.2, 0) is 19.1 Å². The van der Waals surface area contributed by atoms with Crippen LogP contribution in [-0.4, -0.2) is 70.7 Å². The average Bonchev–Trinajstić information content (AvgIpc) is 2.73. The molecule has 0 radical (unpaired) electrons. The molecule has 4 N–H and O–H groups in total. The Bertz CT molecular complexity index is 597. The van der Waals surface area contributed by atoms with E-state index in [9.17, 15) is 19.2 Å². The number of aliphatic hydroxyl groups excluding tert-OH is 2. The quantitative estimate of drug-likeness (QED) is 0.518. The lowest BCUT2D eigenvalue weighted by atomic mass is 10.1. The SMILES string of the molecule is O=C(O)c1ccc(C(=O)O)cc1.O=C1CCCCC(=O)OCCCCO1.OCCO. The Morgan fingerprint density at radius 1 is 0.700 bits per heavy atom. The lowest BCUT2D eigenvalue weighted by Gasteiger charge is -2.08. The number of carboxylic acids is 2. The van der Waals surface area contributed by atoms with Crippen LogP contribution in [0.4, 0.5) is 0 Å². The van der Waals surface area contributed by atoms with Gasteiger partial charge in [-0.2, -0.15) is 0 Å². The highest BCUT2D eigenvalue weighted by atomic mass is 16.5. The van der Waals surface area contributed by atoms with Crippen molar-refractivity contribution >= 4 is 23.9 Å². The second-order valence-electron chi connectivity index (χ2n) is 5.99. The summed E-state index contributed by atoms with van der Waals surface area (Å²) >= 11 is 0. The Morgan fingerprint density at radius 3 is 1.30 bits per heavy atom. The molecule has 1 saturated heterocycles. The maximum atomic E-state index is 11.0. The molecule has 10 heteroatoms. The van der Waals surface area contributed by atoms with Crippen LogP contribution in [0.25, 0.3) is 0 Å². The molecule has 1 heterocycles. The molecule has 1 aliphatic rings. The van der Waals surface area contributed by atoms with Gasteiger partial charge < -0.3 is 29.9 Å². The van der Waals surface area contributed by atoms with Gasteiger partial charge in [-0.1, -0.05) is 0 Å². The van der Waals surface area contributed by atoms with E-state index in [2.05, 4.69) is 0 Å². The van der Waals surface area contributed by atoms with Gasteiger partial charge in [-0.3, -0.25) is 9.59 Å². The number of carbonyl (C=O) groups is 4. The fourth-order valence-electron chi connectivity index (χ4n) is 2.01. The van der Waals surface area contributed by atoms with Crippen LogP contribution in [0.2, 0.25) is 0 Å². The zero-order valence-corrected chi connectivity index (χ0v) is 16.6. The maximum Gasteiger partial charge on any atom is 0.335 e. The van der Waals surface area contributed by atoms with E-state index in [1.54, 1.807) is 0 Å². The van der Waals surface area contributed by atoms with Crippen LogP contribution in [0.3, 0.4) is 0 Å². The minimum absolute atomic E-state index is 0.0833. The van der Waals surface area contributed by atoms with Gasteiger partial charge in [0, 0.05) is 12.8 Å². The zero-order valence-electron chi connectivity index (χ0n) is 16.6. The number of esters is 2. The first-order valence-corrected chi connectivity index (χ1v) is 9.41. The molecule has 2 rings (SSSR count). The van der Waals surface area contributed by atoms with E-state index in [0.717, 1.165) is 12.8 Å². The summed E-state index contributed by atoms with van der Waals surface area (Å²) < 4.78 is 9.92. The first-order chi connectivity index (χ1) is 14.3. The Labute approximate surface area is 174 Å². The van der Waals surface area contributed by atoms with Crippen LogP contribution in [0, 0.1) is 0 Å². The standard InChI is InChI=1S/C10H16O4.C8H6O4.C2H6O2/c11-9-5-1-2-6-10(12)14-8-4-3-7-13-9;9-7(10)5-1-2-6(4-3-5)8(11)12;3-1-2-4/h1-8H2;1-4H,(H,9,10)(H,11,12);3-4H,1-2H2. The predicted octanol–water partition coefficient (Wildman–Crippen LogP) is 1.48. The highest BCUT2D eigenvalue weighted by Crippen LogP contribution is 2.06. The van der Waals surface area contributed by atoms with Crippen molar-refractivity contribution < 1.29 is 49.1 Å². The normalized spacial score (nSPS) is 14.7. The molecule has 0 aliphatic carbocycles. The van der Waals surface area contributed by atoms with Gasteiger partial charge in [0.05, 0.1) is 37.6 Å². The van der Waals surface area contributed by atoms with Crippen LogP contribution < -0.4 is 0 Å². The molecule has 1 aliphatic heterocycles. The molecular formula is C20H28O10. The Hall–Kier alpha value is -2.98. The second-order valence-corrected chi connectivity index (χ2v) is 5.99. The fourth-order valence-corrected chi connectivity index (χ4v) is 2.01. The molecule has 10 nitrogen and oxygen atoms in total. The summed E-state index contributed by atoms with van der Waals surface area (Å²) in [6.45, 7) is 0.632. The van der Waals surface area contributed by atoms with Crippen LogP contribution in [0.15, 0.2) is 24.3 Å². The van der Waals surface area contributed by atoms with Gasteiger partial charge in [0.1, 0.15) is 0 Å². The molecule has 30 heavy (non-hydrogen) atoms. The molecule has 0 bridgehead atoms. The number of aliphatic hydroxyl groups is 2. The van der Waals surface area contributed by atoms with E-state index in [1.165, 1.54) is 24.3 Å². The lowest BCUT2D eigenvalue weighted by Crippen LogP contribution is -2.11. The van der Waals surface area contributed by atoms with E-state index in [4.69, 9.17) is 29.9 Å². The van der Waals surface area contributed by atoms with Crippen molar-refractivity contribution in [3.8, 4) is 0 Å². The molecular weight excluding hydrogens is 400 g/mol. The van der Waals surface area contributed by atoms with Crippen LogP contribution in [0.5, 0.6) is 0 Å². The summed E-state index contributed by atoms with van der Waals surface area (Å²) in [7, 11) is 0. The largest absolute Gasteiger partial charge is 0.478 e. The second kappa shape index (κ2) is 16.9. The average molecular weight is 428 g/mol. The lowest BCUT2D eigenvalue weighted by molar-refractivity contribution is -0.147. The monoisotopic (exact) mass is 428 g/mol. The van der Waals surface area contributed by atoms with Crippen LogP contribution >= 0.6 is 0 Å². The molecule has 1 fully saturated rings. The summed E-state index contributed by atoms with van der Waals surface area (Å²) in [5, 5.41) is 32.2. The van der Waals surface area contributed by atoms with Gasteiger partial charge >= 0.3 is 23.9 Å². The number of aromatic carboxylic acids is 2. The van der Waals surface area contributed by atoms with Crippen molar-refractivity contribution in [3.05, 3.63) is 35.4 Å². The van der Waals surface area contributed by atoms with Crippen molar-refractivity contribution in [2.75, 3.05) is 26.4 Å². The highest BCUT2D eigenvalue weighted by Gasteiger charge is 2.08. The third kappa shape index (κ3) is 14.1. The molecule has 0 amide bonds. The van der Waals surface area contributed by atoms with E-state index in [0.29, 0.717) is 38.9 Å². The number of rotatable bonds is 3. The fraction of sp³-hybridized carbons (Fsp3) is 0.500. The summed E-state index contributed by atoms with van der Waals surface area (Å²) in [6, 6.07) is 5.02. The van der Waals surface area contributed by atoms with Gasteiger partial charge in [0.25, 0.3) is 0 Å². The Morgan fingerprint density at radius 2 is 1.03 bits per heavy atom. The van der Waals surface area contributed by atoms with Crippen molar-refractivity contribution in [2.45, 2.75) is 38.5 Å². The van der Waals surface area contributed by atoms with E-state index >= 15 is 0 Å². The third-order valence-corrected chi connectivity index (χ3v) is 3.56. The van der Waals surface area contributed by atoms with Gasteiger partial charge in [-0.25, -0.2) is 9.59 Å². The number of ether oxygens (including phenoxy) is 2. The number of carbonyl (C=O) groups excluding carboxylic acids is 2. The summed E-state index contributed by atoms with van der Waals surface area (Å²) in [4.78, 5) is 42.8. The predicted molar refractivity (Wildman–Crippen MR) is 104 cm³/mol. The molecule has 0 spiro atoms. The smallest absolute Gasteiger partial charge is 0.335 e.